The first-order valence-corrected chi connectivity index (χ1v) is 6.89. The zero-order valence-corrected chi connectivity index (χ0v) is 10.7. The van der Waals surface area contributed by atoms with Crippen molar-refractivity contribution in [2.24, 2.45) is 11.7 Å². The number of likely N-dealkylation sites (tertiary alicyclic amines) is 1. The second-order valence-electron chi connectivity index (χ2n) is 5.22. The van der Waals surface area contributed by atoms with Crippen LogP contribution in [0.3, 0.4) is 0 Å². The molecule has 1 saturated carbocycles. The summed E-state index contributed by atoms with van der Waals surface area (Å²) in [4.78, 5) is 2.62. The lowest BCUT2D eigenvalue weighted by Gasteiger charge is -2.28. The van der Waals surface area contributed by atoms with Crippen molar-refractivity contribution in [1.29, 1.82) is 0 Å². The predicted octanol–water partition coefficient (Wildman–Crippen LogP) is 2.82. The van der Waals surface area contributed by atoms with Gasteiger partial charge in [0.25, 0.3) is 0 Å². The zero-order chi connectivity index (χ0) is 11.8. The first kappa shape index (κ1) is 11.5. The summed E-state index contributed by atoms with van der Waals surface area (Å²) < 4.78 is 0. The Morgan fingerprint density at radius 3 is 2.65 bits per heavy atom. The van der Waals surface area contributed by atoms with Crippen molar-refractivity contribution in [2.45, 2.75) is 31.3 Å². The quantitative estimate of drug-likeness (QED) is 0.894. The maximum atomic E-state index is 6.35. The van der Waals surface area contributed by atoms with Crippen molar-refractivity contribution in [3.05, 3.63) is 34.9 Å². The van der Waals surface area contributed by atoms with Gasteiger partial charge in [0.15, 0.2) is 0 Å². The summed E-state index contributed by atoms with van der Waals surface area (Å²) in [5.41, 5.74) is 7.20. The van der Waals surface area contributed by atoms with Gasteiger partial charge in [0, 0.05) is 17.1 Å². The molecule has 2 nitrogen and oxygen atoms in total. The molecule has 0 spiro atoms. The van der Waals surface area contributed by atoms with Crippen LogP contribution in [-0.4, -0.2) is 24.0 Å². The Kier molecular flexibility index (Phi) is 3.12. The lowest BCUT2D eigenvalue weighted by Crippen LogP contribution is -2.30. The Labute approximate surface area is 108 Å². The number of nitrogens with zero attached hydrogens (tertiary/aromatic N) is 1. The molecule has 3 heteroatoms. The van der Waals surface area contributed by atoms with Gasteiger partial charge in [0.2, 0.25) is 0 Å². The van der Waals surface area contributed by atoms with Crippen molar-refractivity contribution >= 4 is 11.6 Å². The van der Waals surface area contributed by atoms with E-state index in [4.69, 9.17) is 17.3 Å². The fraction of sp³-hybridized carbons (Fsp3) is 0.571. The summed E-state index contributed by atoms with van der Waals surface area (Å²) in [7, 11) is 0. The Morgan fingerprint density at radius 1 is 1.24 bits per heavy atom. The SMILES string of the molecule is NCC1CCN(C2CC2)C1c1ccccc1Cl. The van der Waals surface area contributed by atoms with E-state index in [1.54, 1.807) is 0 Å². The van der Waals surface area contributed by atoms with Crippen molar-refractivity contribution in [3.8, 4) is 0 Å². The van der Waals surface area contributed by atoms with Gasteiger partial charge < -0.3 is 5.73 Å². The molecule has 0 radical (unpaired) electrons. The number of benzene rings is 1. The van der Waals surface area contributed by atoms with E-state index in [-0.39, 0.29) is 0 Å². The number of rotatable bonds is 3. The summed E-state index contributed by atoms with van der Waals surface area (Å²) in [5, 5.41) is 0.892. The first-order chi connectivity index (χ1) is 8.31. The van der Waals surface area contributed by atoms with Gasteiger partial charge in [-0.15, -0.1) is 0 Å². The normalized spacial score (nSPS) is 29.8. The van der Waals surface area contributed by atoms with Crippen LogP contribution < -0.4 is 5.73 Å². The van der Waals surface area contributed by atoms with E-state index in [1.807, 2.05) is 12.1 Å². The summed E-state index contributed by atoms with van der Waals surface area (Å²) in [5.74, 6) is 0.565. The van der Waals surface area contributed by atoms with Gasteiger partial charge in [0.1, 0.15) is 0 Å². The molecular weight excluding hydrogens is 232 g/mol. The van der Waals surface area contributed by atoms with Crippen LogP contribution in [0, 0.1) is 5.92 Å². The molecule has 2 unspecified atom stereocenters. The van der Waals surface area contributed by atoms with Gasteiger partial charge >= 0.3 is 0 Å². The van der Waals surface area contributed by atoms with Crippen molar-refractivity contribution in [2.75, 3.05) is 13.1 Å². The highest BCUT2D eigenvalue weighted by molar-refractivity contribution is 6.31. The highest BCUT2D eigenvalue weighted by atomic mass is 35.5. The second-order valence-corrected chi connectivity index (χ2v) is 5.63. The van der Waals surface area contributed by atoms with E-state index in [0.29, 0.717) is 12.0 Å². The molecule has 1 heterocycles. The predicted molar refractivity (Wildman–Crippen MR) is 71.1 cm³/mol. The largest absolute Gasteiger partial charge is 0.330 e. The molecule has 1 aromatic carbocycles. The lowest BCUT2D eigenvalue weighted by molar-refractivity contribution is 0.220. The molecule has 2 atom stereocenters. The molecule has 0 aromatic heterocycles. The van der Waals surface area contributed by atoms with E-state index in [2.05, 4.69) is 17.0 Å². The third kappa shape index (κ3) is 2.10. The Balaban J connectivity index is 1.93. The Hall–Kier alpha value is -0.570. The minimum atomic E-state index is 0.446. The smallest absolute Gasteiger partial charge is 0.0453 e. The zero-order valence-electron chi connectivity index (χ0n) is 9.98. The molecular formula is C14H19ClN2. The molecule has 92 valence electrons. The molecule has 0 bridgehead atoms. The van der Waals surface area contributed by atoms with Gasteiger partial charge in [-0.1, -0.05) is 29.8 Å². The maximum Gasteiger partial charge on any atom is 0.0453 e. The molecule has 2 aliphatic rings. The second kappa shape index (κ2) is 4.60. The number of nitrogens with two attached hydrogens (primary N) is 1. The van der Waals surface area contributed by atoms with Crippen LogP contribution >= 0.6 is 11.6 Å². The fourth-order valence-electron chi connectivity index (χ4n) is 3.09. The van der Waals surface area contributed by atoms with E-state index in [0.717, 1.165) is 17.6 Å². The monoisotopic (exact) mass is 250 g/mol. The minimum absolute atomic E-state index is 0.446. The summed E-state index contributed by atoms with van der Waals surface area (Å²) in [6.07, 6.45) is 3.90. The van der Waals surface area contributed by atoms with Gasteiger partial charge in [0.05, 0.1) is 0 Å². The fourth-order valence-corrected chi connectivity index (χ4v) is 3.34. The Bertz CT molecular complexity index is 403. The molecule has 3 rings (SSSR count). The van der Waals surface area contributed by atoms with Gasteiger partial charge in [-0.3, -0.25) is 4.90 Å². The molecule has 0 amide bonds. The molecule has 2 fully saturated rings. The Morgan fingerprint density at radius 2 is 2.00 bits per heavy atom. The lowest BCUT2D eigenvalue weighted by atomic mass is 9.93. The molecule has 1 aliphatic heterocycles. The van der Waals surface area contributed by atoms with Crippen LogP contribution in [0.15, 0.2) is 24.3 Å². The molecule has 17 heavy (non-hydrogen) atoms. The van der Waals surface area contributed by atoms with Gasteiger partial charge in [-0.2, -0.15) is 0 Å². The first-order valence-electron chi connectivity index (χ1n) is 6.51. The maximum absolute atomic E-state index is 6.35. The minimum Gasteiger partial charge on any atom is -0.330 e. The van der Waals surface area contributed by atoms with Gasteiger partial charge in [-0.05, 0) is 49.9 Å². The van der Waals surface area contributed by atoms with Crippen LogP contribution in [0.2, 0.25) is 5.02 Å². The van der Waals surface area contributed by atoms with Gasteiger partial charge in [-0.25, -0.2) is 0 Å². The van der Waals surface area contributed by atoms with E-state index in [9.17, 15) is 0 Å². The highest BCUT2D eigenvalue weighted by Gasteiger charge is 2.42. The average molecular weight is 251 g/mol. The number of halogens is 1. The van der Waals surface area contributed by atoms with E-state index in [1.165, 1.54) is 31.4 Å². The molecule has 1 aromatic rings. The summed E-state index contributed by atoms with van der Waals surface area (Å²) in [6, 6.07) is 9.47. The van der Waals surface area contributed by atoms with Crippen LogP contribution in [0.1, 0.15) is 30.9 Å². The topological polar surface area (TPSA) is 29.3 Å². The van der Waals surface area contributed by atoms with E-state index >= 15 is 0 Å². The third-order valence-corrected chi connectivity index (χ3v) is 4.45. The van der Waals surface area contributed by atoms with Crippen LogP contribution in [-0.2, 0) is 0 Å². The van der Waals surface area contributed by atoms with Crippen LogP contribution in [0.4, 0.5) is 0 Å². The molecule has 1 aliphatic carbocycles. The summed E-state index contributed by atoms with van der Waals surface area (Å²) >= 11 is 6.35. The highest BCUT2D eigenvalue weighted by Crippen LogP contribution is 2.45. The van der Waals surface area contributed by atoms with Crippen LogP contribution in [0.25, 0.3) is 0 Å². The van der Waals surface area contributed by atoms with E-state index < -0.39 is 0 Å². The van der Waals surface area contributed by atoms with Crippen molar-refractivity contribution in [3.63, 3.8) is 0 Å². The summed E-state index contributed by atoms with van der Waals surface area (Å²) in [6.45, 7) is 1.95. The van der Waals surface area contributed by atoms with Crippen molar-refractivity contribution in [1.82, 2.24) is 4.90 Å². The van der Waals surface area contributed by atoms with Crippen molar-refractivity contribution < 1.29 is 0 Å². The molecule has 1 saturated heterocycles. The third-order valence-electron chi connectivity index (χ3n) is 4.10. The average Bonchev–Trinajstić information content (AvgIpc) is 3.10. The number of hydrogen-bond donors (Lipinski definition) is 1. The number of hydrogen-bond acceptors (Lipinski definition) is 2. The molecule has 2 N–H and O–H groups in total. The van der Waals surface area contributed by atoms with Crippen LogP contribution in [0.5, 0.6) is 0 Å². The standard InChI is InChI=1S/C14H19ClN2/c15-13-4-2-1-3-12(13)14-10(9-16)7-8-17(14)11-5-6-11/h1-4,10-11,14H,5-9,16H2.